The third kappa shape index (κ3) is 3.27. The van der Waals surface area contributed by atoms with Gasteiger partial charge in [0.1, 0.15) is 0 Å². The van der Waals surface area contributed by atoms with E-state index in [1.807, 2.05) is 43.4 Å². The molecule has 2 aliphatic rings. The minimum absolute atomic E-state index is 0.0320. The van der Waals surface area contributed by atoms with Crippen molar-refractivity contribution in [3.8, 4) is 11.5 Å². The van der Waals surface area contributed by atoms with Gasteiger partial charge in [0.15, 0.2) is 11.5 Å². The maximum atomic E-state index is 12.4. The van der Waals surface area contributed by atoms with Gasteiger partial charge in [0.25, 0.3) is 0 Å². The number of nitrogens with zero attached hydrogens (tertiary/aromatic N) is 1. The van der Waals surface area contributed by atoms with Gasteiger partial charge in [-0.15, -0.1) is 0 Å². The molecule has 0 bridgehead atoms. The molecule has 1 aliphatic heterocycles. The van der Waals surface area contributed by atoms with Gasteiger partial charge < -0.3 is 19.7 Å². The number of amides is 2. The summed E-state index contributed by atoms with van der Waals surface area (Å²) in [6.45, 7) is 1.53. The Bertz CT molecular complexity index is 772. The molecule has 0 radical (unpaired) electrons. The number of urea groups is 1. The van der Waals surface area contributed by atoms with E-state index >= 15 is 0 Å². The Morgan fingerprint density at radius 2 is 1.88 bits per heavy atom. The number of benzene rings is 2. The van der Waals surface area contributed by atoms with E-state index in [4.69, 9.17) is 9.47 Å². The lowest BCUT2D eigenvalue weighted by atomic mass is 9.95. The van der Waals surface area contributed by atoms with E-state index < -0.39 is 0 Å². The molecule has 0 unspecified atom stereocenters. The van der Waals surface area contributed by atoms with Crippen molar-refractivity contribution in [2.24, 2.45) is 0 Å². The molecule has 0 spiro atoms. The molecular weight excluding hydrogens is 316 g/mol. The Morgan fingerprint density at radius 1 is 1.12 bits per heavy atom. The zero-order valence-electron chi connectivity index (χ0n) is 14.3. The number of hydrogen-bond donors (Lipinski definition) is 1. The lowest BCUT2D eigenvalue weighted by Crippen LogP contribution is -2.40. The van der Waals surface area contributed by atoms with Gasteiger partial charge in [0.2, 0.25) is 6.79 Å². The summed E-state index contributed by atoms with van der Waals surface area (Å²) in [6, 6.07) is 16.1. The van der Waals surface area contributed by atoms with Gasteiger partial charge in [-0.1, -0.05) is 36.4 Å². The second-order valence-corrected chi connectivity index (χ2v) is 6.85. The van der Waals surface area contributed by atoms with Crippen LogP contribution < -0.4 is 14.8 Å². The molecule has 1 fully saturated rings. The Kier molecular flexibility index (Phi) is 3.99. The van der Waals surface area contributed by atoms with Crippen LogP contribution in [0, 0.1) is 0 Å². The smallest absolute Gasteiger partial charge is 0.317 e. The molecule has 1 saturated carbocycles. The zero-order chi connectivity index (χ0) is 17.3. The first kappa shape index (κ1) is 15.8. The quantitative estimate of drug-likeness (QED) is 0.910. The Hall–Kier alpha value is -2.69. The second-order valence-electron chi connectivity index (χ2n) is 6.85. The molecular formula is C20H22N2O3. The van der Waals surface area contributed by atoms with E-state index in [1.165, 1.54) is 5.56 Å². The fourth-order valence-corrected chi connectivity index (χ4v) is 3.25. The van der Waals surface area contributed by atoms with Crippen LogP contribution in [-0.4, -0.2) is 31.3 Å². The van der Waals surface area contributed by atoms with E-state index in [0.29, 0.717) is 13.1 Å². The molecule has 0 saturated heterocycles. The summed E-state index contributed by atoms with van der Waals surface area (Å²) in [5.74, 6) is 1.60. The van der Waals surface area contributed by atoms with Crippen molar-refractivity contribution in [1.29, 1.82) is 0 Å². The average Bonchev–Trinajstić information content (AvgIpc) is 3.29. The molecule has 1 heterocycles. The molecule has 5 nitrogen and oxygen atoms in total. The van der Waals surface area contributed by atoms with Crippen molar-refractivity contribution >= 4 is 6.03 Å². The van der Waals surface area contributed by atoms with Crippen molar-refractivity contribution < 1.29 is 14.3 Å². The molecule has 2 aromatic carbocycles. The van der Waals surface area contributed by atoms with Crippen LogP contribution in [-0.2, 0) is 12.0 Å². The van der Waals surface area contributed by atoms with Gasteiger partial charge in [-0.25, -0.2) is 4.79 Å². The van der Waals surface area contributed by atoms with Crippen LogP contribution in [0.15, 0.2) is 48.5 Å². The fraction of sp³-hybridized carbons (Fsp3) is 0.350. The third-order valence-corrected chi connectivity index (χ3v) is 5.03. The summed E-state index contributed by atoms with van der Waals surface area (Å²) in [5, 5.41) is 3.09. The predicted molar refractivity (Wildman–Crippen MR) is 94.8 cm³/mol. The summed E-state index contributed by atoms with van der Waals surface area (Å²) in [4.78, 5) is 14.1. The van der Waals surface area contributed by atoms with Crippen molar-refractivity contribution in [1.82, 2.24) is 10.2 Å². The molecule has 1 aliphatic carbocycles. The maximum Gasteiger partial charge on any atom is 0.317 e. The predicted octanol–water partition coefficient (Wildman–Crippen LogP) is 3.29. The largest absolute Gasteiger partial charge is 0.454 e. The van der Waals surface area contributed by atoms with Gasteiger partial charge in [-0.2, -0.15) is 0 Å². The minimum Gasteiger partial charge on any atom is -0.454 e. The van der Waals surface area contributed by atoms with E-state index in [-0.39, 0.29) is 18.2 Å². The van der Waals surface area contributed by atoms with Crippen molar-refractivity contribution in [3.63, 3.8) is 0 Å². The lowest BCUT2D eigenvalue weighted by molar-refractivity contribution is 0.174. The number of hydrogen-bond acceptors (Lipinski definition) is 3. The average molecular weight is 338 g/mol. The lowest BCUT2D eigenvalue weighted by Gasteiger charge is -2.22. The van der Waals surface area contributed by atoms with Gasteiger partial charge in [0, 0.05) is 25.6 Å². The summed E-state index contributed by atoms with van der Waals surface area (Å²) < 4.78 is 10.8. The first-order chi connectivity index (χ1) is 12.2. The Labute approximate surface area is 147 Å². The molecule has 1 N–H and O–H groups in total. The van der Waals surface area contributed by atoms with Crippen LogP contribution >= 0.6 is 0 Å². The Morgan fingerprint density at radius 3 is 2.64 bits per heavy atom. The highest BCUT2D eigenvalue weighted by atomic mass is 16.7. The van der Waals surface area contributed by atoms with Crippen LogP contribution in [0.3, 0.4) is 0 Å². The summed E-state index contributed by atoms with van der Waals surface area (Å²) in [6.07, 6.45) is 2.16. The summed E-state index contributed by atoms with van der Waals surface area (Å²) >= 11 is 0. The molecule has 25 heavy (non-hydrogen) atoms. The molecule has 130 valence electrons. The van der Waals surface area contributed by atoms with Gasteiger partial charge in [-0.3, -0.25) is 0 Å². The number of carbonyl (C=O) groups is 1. The first-order valence-electron chi connectivity index (χ1n) is 8.59. The fourth-order valence-electron chi connectivity index (χ4n) is 3.25. The van der Waals surface area contributed by atoms with Gasteiger partial charge in [-0.05, 0) is 36.1 Å². The molecule has 5 heteroatoms. The highest BCUT2D eigenvalue weighted by Crippen LogP contribution is 2.49. The second kappa shape index (κ2) is 6.31. The van der Waals surface area contributed by atoms with Crippen molar-refractivity contribution in [3.05, 3.63) is 59.7 Å². The standard InChI is InChI=1S/C20H22N2O3/c1-22(12-15-5-3-2-4-6-15)19(23)21-13-20(9-10-20)16-7-8-17-18(11-16)25-14-24-17/h2-8,11H,9-10,12-14H2,1H3,(H,21,23). The van der Waals surface area contributed by atoms with E-state index in [2.05, 4.69) is 17.4 Å². The number of fused-ring (bicyclic) bond motifs is 1. The van der Waals surface area contributed by atoms with Crippen LogP contribution in [0.25, 0.3) is 0 Å². The topological polar surface area (TPSA) is 50.8 Å². The van der Waals surface area contributed by atoms with E-state index in [0.717, 1.165) is 29.9 Å². The van der Waals surface area contributed by atoms with Crippen LogP contribution in [0.5, 0.6) is 11.5 Å². The number of rotatable bonds is 5. The zero-order valence-corrected chi connectivity index (χ0v) is 14.3. The van der Waals surface area contributed by atoms with E-state index in [9.17, 15) is 4.79 Å². The SMILES string of the molecule is CN(Cc1ccccc1)C(=O)NCC1(c2ccc3c(c2)OCO3)CC1. The monoisotopic (exact) mass is 338 g/mol. The molecule has 2 amide bonds. The first-order valence-corrected chi connectivity index (χ1v) is 8.59. The third-order valence-electron chi connectivity index (χ3n) is 5.03. The maximum absolute atomic E-state index is 12.4. The van der Waals surface area contributed by atoms with Crippen molar-refractivity contribution in [2.45, 2.75) is 24.8 Å². The summed E-state index contributed by atoms with van der Waals surface area (Å²) in [5.41, 5.74) is 2.37. The number of carbonyl (C=O) groups excluding carboxylic acids is 1. The number of nitrogens with one attached hydrogen (secondary N) is 1. The molecule has 4 rings (SSSR count). The highest BCUT2D eigenvalue weighted by Gasteiger charge is 2.45. The molecule has 2 aromatic rings. The molecule has 0 aromatic heterocycles. The van der Waals surface area contributed by atoms with Crippen LogP contribution in [0.2, 0.25) is 0 Å². The molecule has 0 atom stereocenters. The Balaban J connectivity index is 1.36. The van der Waals surface area contributed by atoms with Crippen LogP contribution in [0.1, 0.15) is 24.0 Å². The summed E-state index contributed by atoms with van der Waals surface area (Å²) in [7, 11) is 1.82. The normalized spacial score (nSPS) is 16.4. The van der Waals surface area contributed by atoms with Crippen LogP contribution in [0.4, 0.5) is 4.79 Å². The highest BCUT2D eigenvalue weighted by molar-refractivity contribution is 5.74. The number of ether oxygens (including phenoxy) is 2. The van der Waals surface area contributed by atoms with E-state index in [1.54, 1.807) is 4.90 Å². The van der Waals surface area contributed by atoms with Gasteiger partial charge in [0.05, 0.1) is 0 Å². The minimum atomic E-state index is -0.0455. The van der Waals surface area contributed by atoms with Gasteiger partial charge >= 0.3 is 6.03 Å². The van der Waals surface area contributed by atoms with Crippen molar-refractivity contribution in [2.75, 3.05) is 20.4 Å².